The van der Waals surface area contributed by atoms with Gasteiger partial charge in [-0.1, -0.05) is 22.8 Å². The normalized spacial score (nSPS) is 14.7. The van der Waals surface area contributed by atoms with E-state index in [1.165, 1.54) is 24.5 Å². The first-order valence-corrected chi connectivity index (χ1v) is 9.87. The molecule has 3 heterocycles. The largest absolute Gasteiger partial charge is 0.459 e. The molecular weight excluding hydrogens is 413 g/mol. The SMILES string of the molecule is Cc1onc(-c2c(F)cccc2Cl)c1C(=O)NC1CCN(C(=O)c2ccco2)CC1. The molecule has 1 aliphatic rings. The number of aryl methyl sites for hydroxylation is 1. The molecule has 7 nitrogen and oxygen atoms in total. The number of likely N-dealkylation sites (tertiary alicyclic amines) is 1. The van der Waals surface area contributed by atoms with E-state index in [0.717, 1.165) is 0 Å². The Morgan fingerprint density at radius 3 is 2.67 bits per heavy atom. The minimum atomic E-state index is -0.588. The molecule has 1 N–H and O–H groups in total. The zero-order valence-corrected chi connectivity index (χ0v) is 16.9. The zero-order valence-electron chi connectivity index (χ0n) is 16.2. The van der Waals surface area contributed by atoms with Crippen LogP contribution in [0.1, 0.15) is 39.5 Å². The van der Waals surface area contributed by atoms with Crippen LogP contribution in [0.2, 0.25) is 5.02 Å². The van der Waals surface area contributed by atoms with Gasteiger partial charge in [-0.05, 0) is 44.0 Å². The summed E-state index contributed by atoms with van der Waals surface area (Å²) in [5.74, 6) is -0.610. The van der Waals surface area contributed by atoms with Crippen molar-refractivity contribution in [3.8, 4) is 11.3 Å². The van der Waals surface area contributed by atoms with Crippen LogP contribution in [-0.2, 0) is 0 Å². The Balaban J connectivity index is 1.46. The van der Waals surface area contributed by atoms with Gasteiger partial charge in [0, 0.05) is 19.1 Å². The molecule has 0 atom stereocenters. The first-order chi connectivity index (χ1) is 14.5. The molecular formula is C21H19ClFN3O4. The van der Waals surface area contributed by atoms with E-state index in [1.807, 2.05) is 0 Å². The summed E-state index contributed by atoms with van der Waals surface area (Å²) in [6.45, 7) is 2.56. The Bertz CT molecular complexity index is 1050. The van der Waals surface area contributed by atoms with Gasteiger partial charge in [0.2, 0.25) is 0 Å². The number of carbonyl (C=O) groups is 2. The van der Waals surface area contributed by atoms with Crippen molar-refractivity contribution < 1.29 is 22.9 Å². The van der Waals surface area contributed by atoms with Crippen molar-refractivity contribution in [3.63, 3.8) is 0 Å². The van der Waals surface area contributed by atoms with Gasteiger partial charge in [0.1, 0.15) is 22.8 Å². The maximum absolute atomic E-state index is 14.3. The van der Waals surface area contributed by atoms with Crippen molar-refractivity contribution in [2.45, 2.75) is 25.8 Å². The van der Waals surface area contributed by atoms with Crippen LogP contribution in [0, 0.1) is 12.7 Å². The van der Waals surface area contributed by atoms with E-state index in [2.05, 4.69) is 10.5 Å². The second-order valence-corrected chi connectivity index (χ2v) is 7.48. The van der Waals surface area contributed by atoms with Crippen LogP contribution in [0.4, 0.5) is 4.39 Å². The minimum absolute atomic E-state index is 0.0278. The summed E-state index contributed by atoms with van der Waals surface area (Å²) in [6, 6.07) is 7.40. The summed E-state index contributed by atoms with van der Waals surface area (Å²) in [7, 11) is 0. The fourth-order valence-electron chi connectivity index (χ4n) is 3.57. The molecule has 9 heteroatoms. The van der Waals surface area contributed by atoms with E-state index in [4.69, 9.17) is 20.5 Å². The maximum Gasteiger partial charge on any atom is 0.289 e. The first kappa shape index (κ1) is 20.2. The number of aromatic nitrogens is 1. The van der Waals surface area contributed by atoms with Crippen molar-refractivity contribution in [2.24, 2.45) is 0 Å². The van der Waals surface area contributed by atoms with E-state index in [0.29, 0.717) is 31.7 Å². The average Bonchev–Trinajstić information content (AvgIpc) is 3.38. The molecule has 1 aromatic carbocycles. The van der Waals surface area contributed by atoms with Crippen LogP contribution >= 0.6 is 11.6 Å². The standard InChI is InChI=1S/C21H19ClFN3O4/c1-12-17(19(25-30-12)18-14(22)4-2-5-15(18)23)20(27)24-13-7-9-26(10-8-13)21(28)16-6-3-11-29-16/h2-6,11,13H,7-10H2,1H3,(H,24,27). The van der Waals surface area contributed by atoms with Crippen molar-refractivity contribution in [1.29, 1.82) is 0 Å². The molecule has 0 aliphatic carbocycles. The van der Waals surface area contributed by atoms with E-state index >= 15 is 0 Å². The highest BCUT2D eigenvalue weighted by atomic mass is 35.5. The number of benzene rings is 1. The molecule has 2 aromatic heterocycles. The average molecular weight is 432 g/mol. The van der Waals surface area contributed by atoms with Crippen LogP contribution in [0.5, 0.6) is 0 Å². The fourth-order valence-corrected chi connectivity index (χ4v) is 3.83. The van der Waals surface area contributed by atoms with Crippen molar-refractivity contribution in [2.75, 3.05) is 13.1 Å². The van der Waals surface area contributed by atoms with Crippen molar-refractivity contribution in [3.05, 3.63) is 64.5 Å². The van der Waals surface area contributed by atoms with Gasteiger partial charge in [0.25, 0.3) is 11.8 Å². The molecule has 0 saturated carbocycles. The van der Waals surface area contributed by atoms with Crippen molar-refractivity contribution >= 4 is 23.4 Å². The molecule has 1 fully saturated rings. The predicted molar refractivity (Wildman–Crippen MR) is 107 cm³/mol. The zero-order chi connectivity index (χ0) is 21.3. The Morgan fingerprint density at radius 2 is 2.00 bits per heavy atom. The van der Waals surface area contributed by atoms with E-state index < -0.39 is 11.7 Å². The van der Waals surface area contributed by atoms with Crippen LogP contribution < -0.4 is 5.32 Å². The Morgan fingerprint density at radius 1 is 1.23 bits per heavy atom. The van der Waals surface area contributed by atoms with Gasteiger partial charge in [-0.15, -0.1) is 0 Å². The molecule has 2 amide bonds. The summed E-state index contributed by atoms with van der Waals surface area (Å²) in [5, 5.41) is 6.94. The van der Waals surface area contributed by atoms with Crippen LogP contribution in [0.3, 0.4) is 0 Å². The van der Waals surface area contributed by atoms with Gasteiger partial charge >= 0.3 is 0 Å². The third-order valence-corrected chi connectivity index (χ3v) is 5.45. The summed E-state index contributed by atoms with van der Waals surface area (Å²) in [5.41, 5.74) is 0.245. The molecule has 30 heavy (non-hydrogen) atoms. The third kappa shape index (κ3) is 3.82. The topological polar surface area (TPSA) is 88.6 Å². The lowest BCUT2D eigenvalue weighted by Gasteiger charge is -2.31. The highest BCUT2D eigenvalue weighted by Gasteiger charge is 2.29. The molecule has 0 bridgehead atoms. The number of furan rings is 1. The minimum Gasteiger partial charge on any atom is -0.459 e. The number of halogens is 2. The number of hydrogen-bond acceptors (Lipinski definition) is 5. The molecule has 3 aromatic rings. The lowest BCUT2D eigenvalue weighted by molar-refractivity contribution is 0.0667. The molecule has 1 saturated heterocycles. The number of nitrogens with one attached hydrogen (secondary N) is 1. The first-order valence-electron chi connectivity index (χ1n) is 9.50. The van der Waals surface area contributed by atoms with E-state index in [1.54, 1.807) is 24.0 Å². The van der Waals surface area contributed by atoms with Gasteiger partial charge < -0.3 is 19.2 Å². The second-order valence-electron chi connectivity index (χ2n) is 7.08. The van der Waals surface area contributed by atoms with E-state index in [-0.39, 0.29) is 39.6 Å². The van der Waals surface area contributed by atoms with Crippen LogP contribution in [0.15, 0.2) is 45.5 Å². The monoisotopic (exact) mass is 431 g/mol. The Hall–Kier alpha value is -3.13. The van der Waals surface area contributed by atoms with Gasteiger partial charge in [-0.3, -0.25) is 9.59 Å². The van der Waals surface area contributed by atoms with Gasteiger partial charge in [0.05, 0.1) is 16.8 Å². The number of amides is 2. The highest BCUT2D eigenvalue weighted by Crippen LogP contribution is 2.33. The number of rotatable bonds is 4. The molecule has 0 spiro atoms. The summed E-state index contributed by atoms with van der Waals surface area (Å²) < 4.78 is 24.7. The Labute approximate surface area is 176 Å². The molecule has 0 radical (unpaired) electrons. The number of hydrogen-bond donors (Lipinski definition) is 1. The third-order valence-electron chi connectivity index (χ3n) is 5.14. The number of piperidine rings is 1. The van der Waals surface area contributed by atoms with Crippen molar-refractivity contribution in [1.82, 2.24) is 15.4 Å². The second kappa shape index (κ2) is 8.31. The van der Waals surface area contributed by atoms with E-state index in [9.17, 15) is 14.0 Å². The maximum atomic E-state index is 14.3. The van der Waals surface area contributed by atoms with Crippen LogP contribution in [-0.4, -0.2) is 41.0 Å². The van der Waals surface area contributed by atoms with Gasteiger partial charge in [0.15, 0.2) is 5.76 Å². The smallest absolute Gasteiger partial charge is 0.289 e. The number of carbonyl (C=O) groups excluding carboxylic acids is 2. The van der Waals surface area contributed by atoms with Crippen LogP contribution in [0.25, 0.3) is 11.3 Å². The lowest BCUT2D eigenvalue weighted by atomic mass is 10.0. The molecule has 156 valence electrons. The van der Waals surface area contributed by atoms with Gasteiger partial charge in [-0.2, -0.15) is 0 Å². The molecule has 4 rings (SSSR count). The summed E-state index contributed by atoms with van der Waals surface area (Å²) >= 11 is 6.13. The quantitative estimate of drug-likeness (QED) is 0.672. The summed E-state index contributed by atoms with van der Waals surface area (Å²) in [4.78, 5) is 27.0. The fraction of sp³-hybridized carbons (Fsp3) is 0.286. The number of nitrogens with zero attached hydrogens (tertiary/aromatic N) is 2. The molecule has 0 unspecified atom stereocenters. The predicted octanol–water partition coefficient (Wildman–Crippen LogP) is 4.07. The Kier molecular flexibility index (Phi) is 5.59. The lowest BCUT2D eigenvalue weighted by Crippen LogP contribution is -2.46. The van der Waals surface area contributed by atoms with Gasteiger partial charge in [-0.25, -0.2) is 4.39 Å². The summed E-state index contributed by atoms with van der Waals surface area (Å²) in [6.07, 6.45) is 2.62. The molecule has 1 aliphatic heterocycles. The highest BCUT2D eigenvalue weighted by molar-refractivity contribution is 6.33.